The Balaban J connectivity index is 2.18. The van der Waals surface area contributed by atoms with Crippen LogP contribution in [0.4, 0.5) is 0 Å². The predicted molar refractivity (Wildman–Crippen MR) is 89.8 cm³/mol. The highest BCUT2D eigenvalue weighted by molar-refractivity contribution is 6.31. The molecule has 1 atom stereocenters. The van der Waals surface area contributed by atoms with E-state index in [0.717, 1.165) is 28.4 Å². The maximum Gasteiger partial charge on any atom is 0.128 e. The van der Waals surface area contributed by atoms with Crippen LogP contribution in [-0.2, 0) is 0 Å². The summed E-state index contributed by atoms with van der Waals surface area (Å²) < 4.78 is 5.83. The van der Waals surface area contributed by atoms with Gasteiger partial charge in [-0.1, -0.05) is 36.2 Å². The van der Waals surface area contributed by atoms with Crippen molar-refractivity contribution in [3.63, 3.8) is 0 Å². The third kappa shape index (κ3) is 4.13. The summed E-state index contributed by atoms with van der Waals surface area (Å²) in [5.41, 5.74) is 2.05. The maximum absolute atomic E-state index is 6.34. The van der Waals surface area contributed by atoms with Crippen molar-refractivity contribution in [1.82, 2.24) is 5.32 Å². The fourth-order valence-corrected chi connectivity index (χ4v) is 2.61. The van der Waals surface area contributed by atoms with E-state index in [9.17, 15) is 0 Å². The molecule has 2 aromatic rings. The standard InChI is InChI=1S/C17H19Cl2NO/c1-4-20-12(3)15-7-5-14(10-17(15)19)21-13-6-8-16(18)11(2)9-13/h5-10,12,20H,4H2,1-3H3. The number of benzene rings is 2. The van der Waals surface area contributed by atoms with Crippen molar-refractivity contribution in [2.45, 2.75) is 26.8 Å². The van der Waals surface area contributed by atoms with Crippen molar-refractivity contribution in [2.24, 2.45) is 0 Å². The van der Waals surface area contributed by atoms with Gasteiger partial charge in [-0.05, 0) is 61.9 Å². The van der Waals surface area contributed by atoms with E-state index in [2.05, 4.69) is 19.2 Å². The van der Waals surface area contributed by atoms with Crippen LogP contribution in [0.2, 0.25) is 10.0 Å². The lowest BCUT2D eigenvalue weighted by atomic mass is 10.1. The Bertz CT molecular complexity index is 628. The van der Waals surface area contributed by atoms with E-state index < -0.39 is 0 Å². The molecule has 0 saturated carbocycles. The fraction of sp³-hybridized carbons (Fsp3) is 0.294. The average molecular weight is 324 g/mol. The Morgan fingerprint density at radius 3 is 2.33 bits per heavy atom. The first kappa shape index (κ1) is 16.2. The van der Waals surface area contributed by atoms with E-state index in [-0.39, 0.29) is 6.04 Å². The zero-order chi connectivity index (χ0) is 15.4. The molecule has 0 bridgehead atoms. The van der Waals surface area contributed by atoms with Gasteiger partial charge in [0.05, 0.1) is 0 Å². The summed E-state index contributed by atoms with van der Waals surface area (Å²) in [6, 6.07) is 11.6. The quantitative estimate of drug-likeness (QED) is 0.754. The number of rotatable bonds is 5. The van der Waals surface area contributed by atoms with E-state index in [1.165, 1.54) is 0 Å². The number of ether oxygens (including phenoxy) is 1. The molecule has 0 aliphatic heterocycles. The summed E-state index contributed by atoms with van der Waals surface area (Å²) in [4.78, 5) is 0. The summed E-state index contributed by atoms with van der Waals surface area (Å²) in [5.74, 6) is 1.47. The van der Waals surface area contributed by atoms with Crippen LogP contribution in [0.5, 0.6) is 11.5 Å². The highest BCUT2D eigenvalue weighted by Crippen LogP contribution is 2.31. The lowest BCUT2D eigenvalue weighted by Crippen LogP contribution is -2.17. The summed E-state index contributed by atoms with van der Waals surface area (Å²) in [5, 5.41) is 4.78. The topological polar surface area (TPSA) is 21.3 Å². The molecule has 1 N–H and O–H groups in total. The first-order chi connectivity index (χ1) is 10.0. The van der Waals surface area contributed by atoms with Gasteiger partial charge in [-0.15, -0.1) is 0 Å². The summed E-state index contributed by atoms with van der Waals surface area (Å²) in [7, 11) is 0. The highest BCUT2D eigenvalue weighted by Gasteiger charge is 2.10. The van der Waals surface area contributed by atoms with Crippen LogP contribution in [0.1, 0.15) is 31.0 Å². The largest absolute Gasteiger partial charge is 0.457 e. The monoisotopic (exact) mass is 323 g/mol. The molecule has 0 aliphatic rings. The van der Waals surface area contributed by atoms with Crippen molar-refractivity contribution < 1.29 is 4.74 Å². The Hall–Kier alpha value is -1.22. The molecule has 2 nitrogen and oxygen atoms in total. The average Bonchev–Trinajstić information content (AvgIpc) is 2.43. The smallest absolute Gasteiger partial charge is 0.128 e. The van der Waals surface area contributed by atoms with Gasteiger partial charge in [0.2, 0.25) is 0 Å². The number of hydrogen-bond acceptors (Lipinski definition) is 2. The van der Waals surface area contributed by atoms with Crippen LogP contribution >= 0.6 is 23.2 Å². The fourth-order valence-electron chi connectivity index (χ4n) is 2.16. The van der Waals surface area contributed by atoms with Crippen LogP contribution < -0.4 is 10.1 Å². The molecular weight excluding hydrogens is 305 g/mol. The summed E-state index contributed by atoms with van der Waals surface area (Å²) >= 11 is 12.4. The molecule has 1 unspecified atom stereocenters. The third-order valence-corrected chi connectivity index (χ3v) is 4.07. The molecule has 0 heterocycles. The molecule has 0 spiro atoms. The van der Waals surface area contributed by atoms with Gasteiger partial charge in [0.15, 0.2) is 0 Å². The van der Waals surface area contributed by atoms with Crippen LogP contribution in [-0.4, -0.2) is 6.54 Å². The zero-order valence-electron chi connectivity index (χ0n) is 12.4. The van der Waals surface area contributed by atoms with Crippen LogP contribution in [0.15, 0.2) is 36.4 Å². The minimum Gasteiger partial charge on any atom is -0.457 e. The molecule has 0 fully saturated rings. The van der Waals surface area contributed by atoms with Crippen LogP contribution in [0.3, 0.4) is 0 Å². The lowest BCUT2D eigenvalue weighted by molar-refractivity contribution is 0.481. The lowest BCUT2D eigenvalue weighted by Gasteiger charge is -2.15. The Kier molecular flexibility index (Phi) is 5.51. The molecule has 0 amide bonds. The molecule has 21 heavy (non-hydrogen) atoms. The number of aryl methyl sites for hydroxylation is 1. The van der Waals surface area contributed by atoms with Gasteiger partial charge in [0.25, 0.3) is 0 Å². The first-order valence-corrected chi connectivity index (χ1v) is 7.73. The van der Waals surface area contributed by atoms with E-state index in [4.69, 9.17) is 27.9 Å². The number of hydrogen-bond donors (Lipinski definition) is 1. The van der Waals surface area contributed by atoms with Crippen molar-refractivity contribution in [3.8, 4) is 11.5 Å². The number of halogens is 2. The van der Waals surface area contributed by atoms with E-state index in [0.29, 0.717) is 10.8 Å². The Labute approximate surface area is 136 Å². The van der Waals surface area contributed by atoms with Gasteiger partial charge in [-0.2, -0.15) is 0 Å². The van der Waals surface area contributed by atoms with Gasteiger partial charge in [0.1, 0.15) is 11.5 Å². The van der Waals surface area contributed by atoms with Crippen molar-refractivity contribution in [3.05, 3.63) is 57.6 Å². The minimum absolute atomic E-state index is 0.217. The van der Waals surface area contributed by atoms with Gasteiger partial charge >= 0.3 is 0 Å². The second kappa shape index (κ2) is 7.17. The van der Waals surface area contributed by atoms with Crippen molar-refractivity contribution >= 4 is 23.2 Å². The van der Waals surface area contributed by atoms with E-state index in [1.807, 2.05) is 43.3 Å². The van der Waals surface area contributed by atoms with Crippen LogP contribution in [0.25, 0.3) is 0 Å². The molecule has 0 aromatic heterocycles. The number of nitrogens with one attached hydrogen (secondary N) is 1. The molecule has 112 valence electrons. The van der Waals surface area contributed by atoms with Crippen molar-refractivity contribution in [2.75, 3.05) is 6.54 Å². The normalized spacial score (nSPS) is 12.2. The summed E-state index contributed by atoms with van der Waals surface area (Å²) in [6.07, 6.45) is 0. The molecule has 2 rings (SSSR count). The highest BCUT2D eigenvalue weighted by atomic mass is 35.5. The van der Waals surface area contributed by atoms with Gasteiger partial charge < -0.3 is 10.1 Å². The molecule has 2 aromatic carbocycles. The second-order valence-electron chi connectivity index (χ2n) is 4.98. The molecular formula is C17H19Cl2NO. The second-order valence-corrected chi connectivity index (χ2v) is 5.79. The van der Waals surface area contributed by atoms with Crippen molar-refractivity contribution in [1.29, 1.82) is 0 Å². The van der Waals surface area contributed by atoms with Gasteiger partial charge in [-0.25, -0.2) is 0 Å². The SMILES string of the molecule is CCNC(C)c1ccc(Oc2ccc(Cl)c(C)c2)cc1Cl. The van der Waals surface area contributed by atoms with Gasteiger partial charge in [-0.3, -0.25) is 0 Å². The third-order valence-electron chi connectivity index (χ3n) is 3.31. The molecule has 4 heteroatoms. The first-order valence-electron chi connectivity index (χ1n) is 6.98. The Morgan fingerprint density at radius 2 is 1.71 bits per heavy atom. The Morgan fingerprint density at radius 1 is 1.05 bits per heavy atom. The zero-order valence-corrected chi connectivity index (χ0v) is 13.9. The maximum atomic E-state index is 6.34. The minimum atomic E-state index is 0.217. The van der Waals surface area contributed by atoms with E-state index in [1.54, 1.807) is 0 Å². The predicted octanol–water partition coefficient (Wildman–Crippen LogP) is 5.76. The molecule has 0 radical (unpaired) electrons. The molecule has 0 saturated heterocycles. The van der Waals surface area contributed by atoms with Gasteiger partial charge in [0, 0.05) is 16.1 Å². The summed E-state index contributed by atoms with van der Waals surface area (Å²) in [6.45, 7) is 7.02. The van der Waals surface area contributed by atoms with E-state index >= 15 is 0 Å². The van der Waals surface area contributed by atoms with Crippen LogP contribution in [0, 0.1) is 6.92 Å². The molecule has 0 aliphatic carbocycles.